The van der Waals surface area contributed by atoms with Crippen LogP contribution in [0, 0.1) is 0 Å². The molecule has 0 bridgehead atoms. The molecule has 0 aromatic heterocycles. The first-order chi connectivity index (χ1) is 16.1. The van der Waals surface area contributed by atoms with E-state index in [0.717, 1.165) is 22.6 Å². The normalized spacial score (nSPS) is 16.5. The van der Waals surface area contributed by atoms with Crippen molar-refractivity contribution in [2.45, 2.75) is 36.5 Å². The van der Waals surface area contributed by atoms with Crippen molar-refractivity contribution in [2.75, 3.05) is 22.5 Å². The molecule has 4 rings (SSSR count). The summed E-state index contributed by atoms with van der Waals surface area (Å²) in [6, 6.07) is 21.5. The van der Waals surface area contributed by atoms with Gasteiger partial charge >= 0.3 is 0 Å². The third-order valence-electron chi connectivity index (χ3n) is 5.70. The lowest BCUT2D eigenvalue weighted by Gasteiger charge is -2.24. The second kappa shape index (κ2) is 9.35. The van der Waals surface area contributed by atoms with E-state index in [4.69, 9.17) is 4.74 Å². The van der Waals surface area contributed by atoms with Crippen molar-refractivity contribution in [1.82, 2.24) is 0 Å². The number of rotatable bonds is 6. The Balaban J connectivity index is 1.51. The molecule has 1 fully saturated rings. The second-order valence-electron chi connectivity index (χ2n) is 9.13. The molecule has 0 spiro atoms. The van der Waals surface area contributed by atoms with Crippen molar-refractivity contribution in [3.8, 4) is 5.75 Å². The van der Waals surface area contributed by atoms with E-state index in [9.17, 15) is 13.2 Å². The minimum absolute atomic E-state index is 0.0312. The molecule has 34 heavy (non-hydrogen) atoms. The Morgan fingerprint density at radius 3 is 2.12 bits per heavy atom. The molecule has 1 aliphatic heterocycles. The van der Waals surface area contributed by atoms with Crippen molar-refractivity contribution < 1.29 is 17.9 Å². The number of carbonyl (C=O) groups is 1. The topological polar surface area (TPSA) is 75.7 Å². The van der Waals surface area contributed by atoms with Crippen molar-refractivity contribution >= 4 is 39.1 Å². The van der Waals surface area contributed by atoms with Gasteiger partial charge in [-0.05, 0) is 65.1 Å². The highest BCUT2D eigenvalue weighted by atomic mass is 32.2. The number of sulfonamides is 1. The van der Waals surface area contributed by atoms with Crippen LogP contribution in [0.15, 0.2) is 77.7 Å². The summed E-state index contributed by atoms with van der Waals surface area (Å²) >= 11 is 1.54. The number of hydrogen-bond acceptors (Lipinski definition) is 5. The van der Waals surface area contributed by atoms with Gasteiger partial charge in [-0.1, -0.05) is 45.0 Å². The van der Waals surface area contributed by atoms with Gasteiger partial charge < -0.3 is 4.74 Å². The van der Waals surface area contributed by atoms with Gasteiger partial charge in [-0.25, -0.2) is 8.42 Å². The number of benzene rings is 3. The van der Waals surface area contributed by atoms with E-state index in [1.54, 1.807) is 48.0 Å². The molecule has 6 nitrogen and oxygen atoms in total. The van der Waals surface area contributed by atoms with Crippen LogP contribution < -0.4 is 14.4 Å². The number of ether oxygens (including phenoxy) is 1. The number of anilines is 2. The molecule has 1 atom stereocenters. The third kappa shape index (κ3) is 5.08. The highest BCUT2D eigenvalue weighted by Crippen LogP contribution is 2.42. The summed E-state index contributed by atoms with van der Waals surface area (Å²) in [7, 11) is -2.11. The number of hydrogen-bond donors (Lipinski definition) is 1. The minimum atomic E-state index is -3.71. The van der Waals surface area contributed by atoms with Gasteiger partial charge in [0.15, 0.2) is 0 Å². The summed E-state index contributed by atoms with van der Waals surface area (Å²) in [5.74, 6) is 1.14. The van der Waals surface area contributed by atoms with Crippen molar-refractivity contribution in [1.29, 1.82) is 0 Å². The van der Waals surface area contributed by atoms with E-state index < -0.39 is 10.0 Å². The third-order valence-corrected chi connectivity index (χ3v) is 8.31. The molecule has 0 radical (unpaired) electrons. The van der Waals surface area contributed by atoms with E-state index in [0.29, 0.717) is 11.4 Å². The summed E-state index contributed by atoms with van der Waals surface area (Å²) in [6.07, 6.45) is 0. The molecule has 3 aromatic carbocycles. The Morgan fingerprint density at radius 2 is 1.56 bits per heavy atom. The molecule has 0 unspecified atom stereocenters. The Kier molecular flexibility index (Phi) is 6.64. The summed E-state index contributed by atoms with van der Waals surface area (Å²) in [6.45, 7) is 6.26. The molecule has 1 N–H and O–H groups in total. The lowest BCUT2D eigenvalue weighted by Crippen LogP contribution is -2.27. The van der Waals surface area contributed by atoms with Gasteiger partial charge in [0, 0.05) is 11.4 Å². The van der Waals surface area contributed by atoms with Crippen LogP contribution in [0.1, 0.15) is 37.3 Å². The molecule has 0 saturated carbocycles. The Labute approximate surface area is 205 Å². The summed E-state index contributed by atoms with van der Waals surface area (Å²) < 4.78 is 33.6. The average Bonchev–Trinajstić information content (AvgIpc) is 3.20. The van der Waals surface area contributed by atoms with Gasteiger partial charge in [-0.15, -0.1) is 11.8 Å². The van der Waals surface area contributed by atoms with Crippen LogP contribution in [0.4, 0.5) is 11.4 Å². The molecule has 1 aliphatic rings. The largest absolute Gasteiger partial charge is 0.497 e. The fourth-order valence-corrected chi connectivity index (χ4v) is 5.99. The fraction of sp³-hybridized carbons (Fsp3) is 0.269. The predicted molar refractivity (Wildman–Crippen MR) is 138 cm³/mol. The zero-order valence-electron chi connectivity index (χ0n) is 19.6. The maximum absolute atomic E-state index is 12.9. The maximum Gasteiger partial charge on any atom is 0.261 e. The van der Waals surface area contributed by atoms with Crippen LogP contribution in [-0.4, -0.2) is 27.2 Å². The number of nitrogens with zero attached hydrogens (tertiary/aromatic N) is 1. The van der Waals surface area contributed by atoms with Gasteiger partial charge in [0.1, 0.15) is 11.1 Å². The van der Waals surface area contributed by atoms with Crippen LogP contribution in [0.2, 0.25) is 0 Å². The molecule has 1 heterocycles. The van der Waals surface area contributed by atoms with Crippen LogP contribution in [0.25, 0.3) is 0 Å². The molecule has 1 amide bonds. The molecule has 3 aromatic rings. The quantitative estimate of drug-likeness (QED) is 0.483. The van der Waals surface area contributed by atoms with Crippen molar-refractivity contribution in [3.63, 3.8) is 0 Å². The number of nitrogens with one attached hydrogen (secondary N) is 1. The Hall–Kier alpha value is -2.97. The number of methoxy groups -OCH3 is 1. The molecule has 0 aliphatic carbocycles. The van der Waals surface area contributed by atoms with Gasteiger partial charge in [0.2, 0.25) is 5.91 Å². The monoisotopic (exact) mass is 496 g/mol. The summed E-state index contributed by atoms with van der Waals surface area (Å²) in [4.78, 5) is 14.6. The van der Waals surface area contributed by atoms with Crippen LogP contribution in [-0.2, 0) is 20.2 Å². The molecular formula is C26H28N2O4S2. The Bertz CT molecular complexity index is 1260. The van der Waals surface area contributed by atoms with Crippen molar-refractivity contribution in [3.05, 3.63) is 83.9 Å². The van der Waals surface area contributed by atoms with Gasteiger partial charge in [0.05, 0.1) is 17.8 Å². The van der Waals surface area contributed by atoms with E-state index in [1.165, 1.54) is 0 Å². The summed E-state index contributed by atoms with van der Waals surface area (Å²) in [5.41, 5.74) is 3.20. The first kappa shape index (κ1) is 24.2. The van der Waals surface area contributed by atoms with E-state index in [-0.39, 0.29) is 21.6 Å². The lowest BCUT2D eigenvalue weighted by atomic mass is 9.87. The van der Waals surface area contributed by atoms with Gasteiger partial charge in [0.25, 0.3) is 10.0 Å². The predicted octanol–water partition coefficient (Wildman–Crippen LogP) is 5.57. The molecule has 1 saturated heterocycles. The van der Waals surface area contributed by atoms with Crippen LogP contribution >= 0.6 is 11.8 Å². The second-order valence-corrected chi connectivity index (χ2v) is 11.9. The highest BCUT2D eigenvalue weighted by Gasteiger charge is 2.34. The SMILES string of the molecule is COc1ccc(N2C(=O)CS[C@@H]2c2ccc(NS(=O)(=O)c3ccc(C(C)(C)C)cc3)cc2)cc1. The zero-order valence-corrected chi connectivity index (χ0v) is 21.2. The summed E-state index contributed by atoms with van der Waals surface area (Å²) in [5, 5.41) is -0.184. The lowest BCUT2D eigenvalue weighted by molar-refractivity contribution is -0.115. The smallest absolute Gasteiger partial charge is 0.261 e. The Morgan fingerprint density at radius 1 is 0.941 bits per heavy atom. The zero-order chi connectivity index (χ0) is 24.5. The highest BCUT2D eigenvalue weighted by molar-refractivity contribution is 8.00. The van der Waals surface area contributed by atoms with Crippen molar-refractivity contribution in [2.24, 2.45) is 0 Å². The van der Waals surface area contributed by atoms with Gasteiger partial charge in [-0.2, -0.15) is 0 Å². The van der Waals surface area contributed by atoms with E-state index in [1.807, 2.05) is 48.5 Å². The standard InChI is InChI=1S/C26H28N2O4S2/c1-26(2,3)19-7-15-23(16-8-19)34(30,31)27-20-9-5-18(6-10-20)25-28(24(29)17-33-25)21-11-13-22(32-4)14-12-21/h5-16,25,27H,17H2,1-4H3/t25-/m1/s1. The van der Waals surface area contributed by atoms with Crippen LogP contribution in [0.5, 0.6) is 5.75 Å². The molecule has 178 valence electrons. The van der Waals surface area contributed by atoms with Crippen LogP contribution in [0.3, 0.4) is 0 Å². The number of carbonyl (C=O) groups excluding carboxylic acids is 1. The van der Waals surface area contributed by atoms with Gasteiger partial charge in [-0.3, -0.25) is 14.4 Å². The first-order valence-corrected chi connectivity index (χ1v) is 13.4. The maximum atomic E-state index is 12.9. The average molecular weight is 497 g/mol. The first-order valence-electron chi connectivity index (χ1n) is 10.9. The molecular weight excluding hydrogens is 468 g/mol. The van der Waals surface area contributed by atoms with E-state index >= 15 is 0 Å². The van der Waals surface area contributed by atoms with E-state index in [2.05, 4.69) is 25.5 Å². The number of thioether (sulfide) groups is 1. The molecule has 8 heteroatoms. The number of amides is 1. The minimum Gasteiger partial charge on any atom is -0.497 e. The fourth-order valence-electron chi connectivity index (χ4n) is 3.76.